The Balaban J connectivity index is 1.88. The van der Waals surface area contributed by atoms with E-state index in [9.17, 15) is 4.79 Å². The van der Waals surface area contributed by atoms with Gasteiger partial charge < -0.3 is 11.1 Å². The van der Waals surface area contributed by atoms with Crippen LogP contribution >= 0.6 is 0 Å². The molecule has 2 bridgehead atoms. The maximum absolute atomic E-state index is 12.1. The molecule has 0 radical (unpaired) electrons. The summed E-state index contributed by atoms with van der Waals surface area (Å²) in [5.41, 5.74) is 5.84. The number of rotatable bonds is 3. The van der Waals surface area contributed by atoms with Gasteiger partial charge in [0.1, 0.15) is 0 Å². The minimum atomic E-state index is -0.418. The van der Waals surface area contributed by atoms with E-state index in [1.165, 1.54) is 25.7 Å². The number of nitrogens with two attached hydrogens (primary N) is 1. The molecule has 3 N–H and O–H groups in total. The molecule has 2 aliphatic rings. The predicted molar refractivity (Wildman–Crippen MR) is 74.0 cm³/mol. The lowest BCUT2D eigenvalue weighted by Crippen LogP contribution is -2.52. The van der Waals surface area contributed by atoms with E-state index in [-0.39, 0.29) is 17.4 Å². The summed E-state index contributed by atoms with van der Waals surface area (Å²) >= 11 is 0. The Kier molecular flexibility index (Phi) is 3.72. The number of carbonyl (C=O) groups excluding carboxylic acids is 1. The molecule has 18 heavy (non-hydrogen) atoms. The monoisotopic (exact) mass is 252 g/mol. The van der Waals surface area contributed by atoms with Gasteiger partial charge in [0.15, 0.2) is 0 Å². The van der Waals surface area contributed by atoms with Crippen molar-refractivity contribution < 1.29 is 4.79 Å². The maximum Gasteiger partial charge on any atom is 0.237 e. The normalized spacial score (nSPS) is 34.4. The standard InChI is InChI=1S/C15H28N2O/c1-9(12-8-10-5-6-11(12)7-10)17-14(18)13(16)15(2,3)4/h9-13H,5-8,16H2,1-4H3,(H,17,18)/t9?,10?,11?,12?,13-/m1/s1. The van der Waals surface area contributed by atoms with Gasteiger partial charge >= 0.3 is 0 Å². The molecule has 0 spiro atoms. The number of fused-ring (bicyclic) bond motifs is 2. The molecule has 3 nitrogen and oxygen atoms in total. The fourth-order valence-electron chi connectivity index (χ4n) is 3.72. The highest BCUT2D eigenvalue weighted by molar-refractivity contribution is 5.82. The smallest absolute Gasteiger partial charge is 0.237 e. The Labute approximate surface area is 111 Å². The number of amides is 1. The molecule has 0 aromatic rings. The zero-order valence-electron chi connectivity index (χ0n) is 12.2. The van der Waals surface area contributed by atoms with Crippen LogP contribution in [0.2, 0.25) is 0 Å². The van der Waals surface area contributed by atoms with Gasteiger partial charge in [-0.1, -0.05) is 27.2 Å². The average Bonchev–Trinajstić information content (AvgIpc) is 2.88. The van der Waals surface area contributed by atoms with Crippen LogP contribution in [0.3, 0.4) is 0 Å². The molecule has 1 amide bonds. The first-order valence-electron chi connectivity index (χ1n) is 7.35. The third kappa shape index (κ3) is 2.71. The van der Waals surface area contributed by atoms with E-state index in [1.54, 1.807) is 0 Å². The van der Waals surface area contributed by atoms with Crippen LogP contribution in [0.5, 0.6) is 0 Å². The summed E-state index contributed by atoms with van der Waals surface area (Å²) in [6, 6.07) is -0.139. The second kappa shape index (κ2) is 4.84. The van der Waals surface area contributed by atoms with Crippen molar-refractivity contribution in [3.05, 3.63) is 0 Å². The van der Waals surface area contributed by atoms with Crippen LogP contribution in [0.25, 0.3) is 0 Å². The first kappa shape index (κ1) is 13.9. The van der Waals surface area contributed by atoms with E-state index in [2.05, 4.69) is 12.2 Å². The zero-order valence-corrected chi connectivity index (χ0v) is 12.2. The minimum absolute atomic E-state index is 0.0118. The van der Waals surface area contributed by atoms with Crippen molar-refractivity contribution in [2.75, 3.05) is 0 Å². The molecule has 0 heterocycles. The van der Waals surface area contributed by atoms with Crippen molar-refractivity contribution in [3.8, 4) is 0 Å². The minimum Gasteiger partial charge on any atom is -0.352 e. The summed E-state index contributed by atoms with van der Waals surface area (Å²) in [6.45, 7) is 8.19. The molecule has 2 fully saturated rings. The van der Waals surface area contributed by atoms with Crippen LogP contribution in [-0.4, -0.2) is 18.0 Å². The van der Waals surface area contributed by atoms with E-state index in [4.69, 9.17) is 5.73 Å². The van der Waals surface area contributed by atoms with Gasteiger partial charge in [-0.3, -0.25) is 4.79 Å². The van der Waals surface area contributed by atoms with Crippen molar-refractivity contribution in [2.45, 2.75) is 65.5 Å². The highest BCUT2D eigenvalue weighted by Crippen LogP contribution is 2.49. The van der Waals surface area contributed by atoms with Crippen LogP contribution in [-0.2, 0) is 4.79 Å². The first-order chi connectivity index (χ1) is 8.29. The van der Waals surface area contributed by atoms with Gasteiger partial charge in [0, 0.05) is 6.04 Å². The fourth-order valence-corrected chi connectivity index (χ4v) is 3.72. The van der Waals surface area contributed by atoms with Gasteiger partial charge in [-0.05, 0) is 49.4 Å². The van der Waals surface area contributed by atoms with Gasteiger partial charge in [-0.25, -0.2) is 0 Å². The molecule has 104 valence electrons. The number of hydrogen-bond acceptors (Lipinski definition) is 2. The molecule has 0 aliphatic heterocycles. The zero-order chi connectivity index (χ0) is 13.5. The SMILES string of the molecule is CC(NC(=O)[C@@H](N)C(C)(C)C)C1CC2CCC1C2. The van der Waals surface area contributed by atoms with E-state index < -0.39 is 6.04 Å². The van der Waals surface area contributed by atoms with Gasteiger partial charge in [-0.15, -0.1) is 0 Å². The highest BCUT2D eigenvalue weighted by atomic mass is 16.2. The number of nitrogens with one attached hydrogen (secondary N) is 1. The van der Waals surface area contributed by atoms with Crippen LogP contribution in [0.1, 0.15) is 53.4 Å². The van der Waals surface area contributed by atoms with E-state index in [1.807, 2.05) is 20.8 Å². The van der Waals surface area contributed by atoms with Gasteiger partial charge in [0.05, 0.1) is 6.04 Å². The molecule has 4 unspecified atom stereocenters. The molecule has 0 saturated heterocycles. The summed E-state index contributed by atoms with van der Waals surface area (Å²) in [6.07, 6.45) is 5.46. The van der Waals surface area contributed by atoms with E-state index in [0.717, 1.165) is 11.8 Å². The highest BCUT2D eigenvalue weighted by Gasteiger charge is 2.42. The average molecular weight is 252 g/mol. The lowest BCUT2D eigenvalue weighted by Gasteiger charge is -2.32. The second-order valence-corrected chi connectivity index (χ2v) is 7.48. The second-order valence-electron chi connectivity index (χ2n) is 7.48. The van der Waals surface area contributed by atoms with E-state index in [0.29, 0.717) is 5.92 Å². The third-order valence-electron chi connectivity index (χ3n) is 5.02. The summed E-state index contributed by atoms with van der Waals surface area (Å²) in [7, 11) is 0. The van der Waals surface area contributed by atoms with E-state index >= 15 is 0 Å². The Bertz CT molecular complexity index is 321. The first-order valence-corrected chi connectivity index (χ1v) is 7.35. The molecule has 3 heteroatoms. The molecular weight excluding hydrogens is 224 g/mol. The van der Waals surface area contributed by atoms with Crippen molar-refractivity contribution in [3.63, 3.8) is 0 Å². The third-order valence-corrected chi connectivity index (χ3v) is 5.02. The summed E-state index contributed by atoms with van der Waals surface area (Å²) in [5, 5.41) is 3.15. The fraction of sp³-hybridized carbons (Fsp3) is 0.933. The molecule has 2 saturated carbocycles. The molecule has 5 atom stereocenters. The van der Waals surface area contributed by atoms with Gasteiger partial charge in [-0.2, -0.15) is 0 Å². The maximum atomic E-state index is 12.1. The molecule has 2 rings (SSSR count). The Hall–Kier alpha value is -0.570. The van der Waals surface area contributed by atoms with Crippen LogP contribution in [0.4, 0.5) is 0 Å². The largest absolute Gasteiger partial charge is 0.352 e. The van der Waals surface area contributed by atoms with Gasteiger partial charge in [0.25, 0.3) is 0 Å². The Morgan fingerprint density at radius 3 is 2.39 bits per heavy atom. The lowest BCUT2D eigenvalue weighted by molar-refractivity contribution is -0.125. The Morgan fingerprint density at radius 1 is 1.28 bits per heavy atom. The molecule has 0 aromatic carbocycles. The van der Waals surface area contributed by atoms with Gasteiger partial charge in [0.2, 0.25) is 5.91 Å². The Morgan fingerprint density at radius 2 is 1.94 bits per heavy atom. The van der Waals surface area contributed by atoms with Crippen molar-refractivity contribution >= 4 is 5.91 Å². The number of carbonyl (C=O) groups is 1. The van der Waals surface area contributed by atoms with Crippen LogP contribution < -0.4 is 11.1 Å². The summed E-state index contributed by atoms with van der Waals surface area (Å²) in [4.78, 5) is 12.1. The number of hydrogen-bond donors (Lipinski definition) is 2. The molecular formula is C15H28N2O. The van der Waals surface area contributed by atoms with Crippen LogP contribution in [0, 0.1) is 23.2 Å². The van der Waals surface area contributed by atoms with Crippen molar-refractivity contribution in [1.82, 2.24) is 5.32 Å². The topological polar surface area (TPSA) is 55.1 Å². The van der Waals surface area contributed by atoms with Crippen molar-refractivity contribution in [1.29, 1.82) is 0 Å². The summed E-state index contributed by atoms with van der Waals surface area (Å²) < 4.78 is 0. The van der Waals surface area contributed by atoms with Crippen LogP contribution in [0.15, 0.2) is 0 Å². The quantitative estimate of drug-likeness (QED) is 0.810. The summed E-state index contributed by atoms with van der Waals surface area (Å²) in [5.74, 6) is 2.46. The molecule has 2 aliphatic carbocycles. The van der Waals surface area contributed by atoms with Crippen molar-refractivity contribution in [2.24, 2.45) is 28.9 Å². The predicted octanol–water partition coefficient (Wildman–Crippen LogP) is 2.30. The lowest BCUT2D eigenvalue weighted by atomic mass is 9.83. The molecule has 0 aromatic heterocycles.